The molecule has 0 radical (unpaired) electrons. The summed E-state index contributed by atoms with van der Waals surface area (Å²) >= 11 is 0. The SMILES string of the molecule is CCCCCCOC(CCCCC(=O)OCCCCN(CCO)CCCCOC(=O)CCCCC(OCCCCCC)OCCCCCC)OCCCCCC. The van der Waals surface area contributed by atoms with E-state index in [-0.39, 0.29) is 31.1 Å². The first kappa shape index (κ1) is 54.7. The van der Waals surface area contributed by atoms with Gasteiger partial charge < -0.3 is 38.4 Å². The third-order valence-corrected chi connectivity index (χ3v) is 10.0. The van der Waals surface area contributed by atoms with Crippen molar-refractivity contribution in [2.45, 2.75) is 220 Å². The fourth-order valence-electron chi connectivity index (χ4n) is 6.43. The average Bonchev–Trinajstić information content (AvgIpc) is 3.19. The Morgan fingerprint density at radius 1 is 0.411 bits per heavy atom. The Balaban J connectivity index is 4.10. The van der Waals surface area contributed by atoms with E-state index in [4.69, 9.17) is 28.4 Å². The Hall–Kier alpha value is -1.30. The summed E-state index contributed by atoms with van der Waals surface area (Å²) in [5.74, 6) is -0.282. The first-order valence-corrected chi connectivity index (χ1v) is 23.6. The number of rotatable bonds is 46. The summed E-state index contributed by atoms with van der Waals surface area (Å²) < 4.78 is 35.2. The van der Waals surface area contributed by atoms with Crippen LogP contribution >= 0.6 is 0 Å². The van der Waals surface area contributed by atoms with Gasteiger partial charge in [0, 0.05) is 45.8 Å². The molecule has 10 heteroatoms. The molecule has 0 aromatic rings. The Kier molecular flexibility index (Phi) is 43.8. The van der Waals surface area contributed by atoms with Crippen LogP contribution in [-0.2, 0) is 38.0 Å². The molecule has 10 nitrogen and oxygen atoms in total. The number of nitrogens with zero attached hydrogens (tertiary/aromatic N) is 1. The van der Waals surface area contributed by atoms with Gasteiger partial charge in [-0.15, -0.1) is 0 Å². The van der Waals surface area contributed by atoms with Gasteiger partial charge in [-0.3, -0.25) is 9.59 Å². The average molecular weight is 802 g/mol. The fourth-order valence-corrected chi connectivity index (χ4v) is 6.43. The van der Waals surface area contributed by atoms with E-state index in [1.807, 2.05) is 0 Å². The van der Waals surface area contributed by atoms with Crippen LogP contribution in [0.5, 0.6) is 0 Å². The number of aliphatic hydroxyl groups excluding tert-OH is 1. The van der Waals surface area contributed by atoms with Crippen molar-refractivity contribution in [1.82, 2.24) is 4.90 Å². The summed E-state index contributed by atoms with van der Waals surface area (Å²) in [7, 11) is 0. The monoisotopic (exact) mass is 802 g/mol. The molecule has 0 saturated carbocycles. The van der Waals surface area contributed by atoms with Crippen LogP contribution in [0.25, 0.3) is 0 Å². The summed E-state index contributed by atoms with van der Waals surface area (Å²) in [5.41, 5.74) is 0. The highest BCUT2D eigenvalue weighted by molar-refractivity contribution is 5.69. The van der Waals surface area contributed by atoms with Crippen molar-refractivity contribution < 1.29 is 43.1 Å². The molecular weight excluding hydrogens is 711 g/mol. The van der Waals surface area contributed by atoms with Gasteiger partial charge in [-0.2, -0.15) is 0 Å². The van der Waals surface area contributed by atoms with Gasteiger partial charge in [-0.05, 0) is 103 Å². The van der Waals surface area contributed by atoms with E-state index >= 15 is 0 Å². The predicted molar refractivity (Wildman–Crippen MR) is 229 cm³/mol. The Bertz CT molecular complexity index is 728. The summed E-state index contributed by atoms with van der Waals surface area (Å²) in [4.78, 5) is 26.9. The van der Waals surface area contributed by atoms with E-state index in [0.717, 1.165) is 129 Å². The molecule has 0 aliphatic rings. The molecule has 0 aromatic heterocycles. The molecule has 0 rings (SSSR count). The number of unbranched alkanes of at least 4 members (excludes halogenated alkanes) is 16. The quantitative estimate of drug-likeness (QED) is 0.0362. The van der Waals surface area contributed by atoms with Gasteiger partial charge in [0.05, 0.1) is 19.8 Å². The number of carbonyl (C=O) groups is 2. The second kappa shape index (κ2) is 44.8. The summed E-state index contributed by atoms with van der Waals surface area (Å²) in [6, 6.07) is 0. The minimum atomic E-state index is -0.180. The molecule has 0 spiro atoms. The molecule has 0 atom stereocenters. The van der Waals surface area contributed by atoms with Crippen molar-refractivity contribution >= 4 is 11.9 Å². The van der Waals surface area contributed by atoms with Gasteiger partial charge in [0.15, 0.2) is 12.6 Å². The van der Waals surface area contributed by atoms with Crippen molar-refractivity contribution in [2.75, 3.05) is 65.9 Å². The molecule has 0 saturated heterocycles. The van der Waals surface area contributed by atoms with Gasteiger partial charge in [0.1, 0.15) is 0 Å². The Morgan fingerprint density at radius 2 is 0.750 bits per heavy atom. The van der Waals surface area contributed by atoms with Gasteiger partial charge in [-0.25, -0.2) is 0 Å². The zero-order chi connectivity index (χ0) is 41.0. The predicted octanol–water partition coefficient (Wildman–Crippen LogP) is 11.1. The molecule has 56 heavy (non-hydrogen) atoms. The normalized spacial score (nSPS) is 11.7. The van der Waals surface area contributed by atoms with Gasteiger partial charge in [0.2, 0.25) is 0 Å². The molecule has 0 aliphatic heterocycles. The fraction of sp³-hybridized carbons (Fsp3) is 0.957. The maximum atomic E-state index is 12.3. The highest BCUT2D eigenvalue weighted by Crippen LogP contribution is 2.14. The third kappa shape index (κ3) is 39.5. The molecule has 0 heterocycles. The molecule has 0 aromatic carbocycles. The maximum absolute atomic E-state index is 12.3. The summed E-state index contributed by atoms with van der Waals surface area (Å²) in [6.45, 7) is 15.0. The Labute approximate surface area is 345 Å². The zero-order valence-electron chi connectivity index (χ0n) is 37.2. The lowest BCUT2D eigenvalue weighted by Crippen LogP contribution is -2.29. The second-order valence-corrected chi connectivity index (χ2v) is 15.5. The number of hydrogen-bond donors (Lipinski definition) is 1. The smallest absolute Gasteiger partial charge is 0.305 e. The van der Waals surface area contributed by atoms with Crippen molar-refractivity contribution in [2.24, 2.45) is 0 Å². The number of ether oxygens (including phenoxy) is 6. The second-order valence-electron chi connectivity index (χ2n) is 15.5. The number of esters is 2. The Morgan fingerprint density at radius 3 is 1.07 bits per heavy atom. The highest BCUT2D eigenvalue weighted by Gasteiger charge is 2.13. The van der Waals surface area contributed by atoms with E-state index in [0.29, 0.717) is 32.6 Å². The van der Waals surface area contributed by atoms with E-state index < -0.39 is 0 Å². The molecule has 0 amide bonds. The van der Waals surface area contributed by atoms with E-state index in [1.54, 1.807) is 0 Å². The minimum Gasteiger partial charge on any atom is -0.466 e. The van der Waals surface area contributed by atoms with E-state index in [2.05, 4.69) is 32.6 Å². The van der Waals surface area contributed by atoms with Crippen LogP contribution in [-0.4, -0.2) is 100 Å². The zero-order valence-corrected chi connectivity index (χ0v) is 37.2. The molecule has 0 fully saturated rings. The van der Waals surface area contributed by atoms with Gasteiger partial charge in [0.25, 0.3) is 0 Å². The minimum absolute atomic E-state index is 0.104. The first-order chi connectivity index (χ1) is 27.5. The number of aliphatic hydroxyl groups is 1. The number of hydrogen-bond acceptors (Lipinski definition) is 10. The van der Waals surface area contributed by atoms with Gasteiger partial charge in [-0.1, -0.05) is 105 Å². The van der Waals surface area contributed by atoms with Crippen LogP contribution in [0.2, 0.25) is 0 Å². The molecular formula is C46H91NO9. The van der Waals surface area contributed by atoms with Crippen LogP contribution in [0.3, 0.4) is 0 Å². The van der Waals surface area contributed by atoms with E-state index in [1.165, 1.54) is 77.0 Å². The van der Waals surface area contributed by atoms with Crippen molar-refractivity contribution in [1.29, 1.82) is 0 Å². The van der Waals surface area contributed by atoms with Crippen molar-refractivity contribution in [3.8, 4) is 0 Å². The number of carbonyl (C=O) groups excluding carboxylic acids is 2. The largest absolute Gasteiger partial charge is 0.466 e. The van der Waals surface area contributed by atoms with Gasteiger partial charge >= 0.3 is 11.9 Å². The van der Waals surface area contributed by atoms with E-state index in [9.17, 15) is 14.7 Å². The van der Waals surface area contributed by atoms with Crippen molar-refractivity contribution in [3.63, 3.8) is 0 Å². The molecule has 0 unspecified atom stereocenters. The van der Waals surface area contributed by atoms with Crippen LogP contribution in [0, 0.1) is 0 Å². The molecule has 0 bridgehead atoms. The summed E-state index contributed by atoms with van der Waals surface area (Å²) in [6.07, 6.45) is 27.6. The lowest BCUT2D eigenvalue weighted by molar-refractivity contribution is -0.149. The lowest BCUT2D eigenvalue weighted by atomic mass is 10.2. The highest BCUT2D eigenvalue weighted by atomic mass is 16.7. The topological polar surface area (TPSA) is 113 Å². The van der Waals surface area contributed by atoms with Crippen LogP contribution in [0.1, 0.15) is 207 Å². The maximum Gasteiger partial charge on any atom is 0.305 e. The van der Waals surface area contributed by atoms with Crippen LogP contribution in [0.15, 0.2) is 0 Å². The standard InChI is InChI=1S/C46H91NO9/c1-5-9-13-23-39-53-45(54-40-24-14-10-6-2)31-19-17-29-43(49)51-37-27-21-33-47(35-36-48)34-22-28-38-52-44(50)30-18-20-32-46(55-41-25-15-11-7-3)56-42-26-16-12-8-4/h45-46,48H,5-42H2,1-4H3. The summed E-state index contributed by atoms with van der Waals surface area (Å²) in [5, 5.41) is 9.54. The third-order valence-electron chi connectivity index (χ3n) is 10.0. The van der Waals surface area contributed by atoms with Crippen LogP contribution < -0.4 is 0 Å². The first-order valence-electron chi connectivity index (χ1n) is 23.6. The molecule has 0 aliphatic carbocycles. The lowest BCUT2D eigenvalue weighted by Gasteiger charge is -2.21. The molecule has 1 N–H and O–H groups in total. The van der Waals surface area contributed by atoms with Crippen LogP contribution in [0.4, 0.5) is 0 Å². The molecule has 334 valence electrons. The van der Waals surface area contributed by atoms with Crippen molar-refractivity contribution in [3.05, 3.63) is 0 Å².